The summed E-state index contributed by atoms with van der Waals surface area (Å²) in [4.78, 5) is 23.3. The van der Waals surface area contributed by atoms with E-state index in [1.165, 1.54) is 12.1 Å². The van der Waals surface area contributed by atoms with Crippen LogP contribution in [0.2, 0.25) is 10.0 Å². The lowest BCUT2D eigenvalue weighted by molar-refractivity contribution is -0.136. The molecule has 3 N–H and O–H groups in total. The van der Waals surface area contributed by atoms with Gasteiger partial charge in [-0.05, 0) is 30.5 Å². The number of hydrogen-bond donors (Lipinski definition) is 3. The smallest absolute Gasteiger partial charge is 0.313 e. The molecule has 0 heterocycles. The quantitative estimate of drug-likeness (QED) is 0.727. The summed E-state index contributed by atoms with van der Waals surface area (Å²) in [5.74, 6) is -1.48. The maximum atomic E-state index is 11.7. The Morgan fingerprint density at radius 3 is 2.65 bits per heavy atom. The predicted octanol–water partition coefficient (Wildman–Crippen LogP) is 2.07. The summed E-state index contributed by atoms with van der Waals surface area (Å²) in [6, 6.07) is 4.57. The Morgan fingerprint density at radius 1 is 1.30 bits per heavy atom. The second-order valence-electron chi connectivity index (χ2n) is 4.41. The van der Waals surface area contributed by atoms with E-state index < -0.39 is 11.8 Å². The van der Waals surface area contributed by atoms with Crippen molar-refractivity contribution in [1.29, 1.82) is 0 Å². The van der Waals surface area contributed by atoms with Crippen LogP contribution < -0.4 is 10.6 Å². The van der Waals surface area contributed by atoms with Crippen molar-refractivity contribution in [2.24, 2.45) is 5.92 Å². The van der Waals surface area contributed by atoms with E-state index in [1.807, 2.05) is 6.92 Å². The number of nitrogens with one attached hydrogen (secondary N) is 2. The van der Waals surface area contributed by atoms with Crippen molar-refractivity contribution < 1.29 is 14.7 Å². The standard InChI is InChI=1S/C13H16Cl2N2O3/c1-8(4-5-18)7-16-12(19)13(20)17-11-6-9(14)2-3-10(11)15/h2-3,6,8,18H,4-5,7H2,1H3,(H,16,19)(H,17,20). The zero-order valence-electron chi connectivity index (χ0n) is 11.0. The van der Waals surface area contributed by atoms with Gasteiger partial charge in [0, 0.05) is 18.2 Å². The van der Waals surface area contributed by atoms with Crippen LogP contribution in [-0.4, -0.2) is 30.1 Å². The first-order valence-corrected chi connectivity index (χ1v) is 6.84. The van der Waals surface area contributed by atoms with E-state index in [4.69, 9.17) is 28.3 Å². The average molecular weight is 319 g/mol. The monoisotopic (exact) mass is 318 g/mol. The largest absolute Gasteiger partial charge is 0.396 e. The molecule has 0 saturated carbocycles. The van der Waals surface area contributed by atoms with Gasteiger partial charge in [0.1, 0.15) is 0 Å². The number of carbonyl (C=O) groups excluding carboxylic acids is 2. The fourth-order valence-corrected chi connectivity index (χ4v) is 1.78. The average Bonchev–Trinajstić information content (AvgIpc) is 2.40. The summed E-state index contributed by atoms with van der Waals surface area (Å²) < 4.78 is 0. The minimum Gasteiger partial charge on any atom is -0.396 e. The summed E-state index contributed by atoms with van der Waals surface area (Å²) in [6.07, 6.45) is 0.558. The number of aliphatic hydroxyl groups is 1. The van der Waals surface area contributed by atoms with Crippen molar-refractivity contribution in [3.63, 3.8) is 0 Å². The van der Waals surface area contributed by atoms with E-state index in [0.717, 1.165) is 0 Å². The highest BCUT2D eigenvalue weighted by molar-refractivity contribution is 6.42. The molecule has 0 aromatic heterocycles. The first kappa shape index (κ1) is 16.8. The number of benzene rings is 1. The van der Waals surface area contributed by atoms with Crippen LogP contribution in [0.3, 0.4) is 0 Å². The molecule has 0 bridgehead atoms. The van der Waals surface area contributed by atoms with E-state index in [0.29, 0.717) is 23.0 Å². The van der Waals surface area contributed by atoms with E-state index in [9.17, 15) is 9.59 Å². The van der Waals surface area contributed by atoms with Gasteiger partial charge < -0.3 is 15.7 Å². The lowest BCUT2D eigenvalue weighted by atomic mass is 10.1. The number of aliphatic hydroxyl groups excluding tert-OH is 1. The molecule has 0 saturated heterocycles. The lowest BCUT2D eigenvalue weighted by Gasteiger charge is -2.11. The SMILES string of the molecule is CC(CCO)CNC(=O)C(=O)Nc1cc(Cl)ccc1Cl. The Morgan fingerprint density at radius 2 is 2.00 bits per heavy atom. The lowest BCUT2D eigenvalue weighted by Crippen LogP contribution is -2.37. The molecule has 5 nitrogen and oxygen atoms in total. The first-order valence-electron chi connectivity index (χ1n) is 6.09. The second-order valence-corrected chi connectivity index (χ2v) is 5.25. The molecule has 1 atom stereocenters. The first-order chi connectivity index (χ1) is 9.43. The highest BCUT2D eigenvalue weighted by atomic mass is 35.5. The molecule has 1 aromatic rings. The van der Waals surface area contributed by atoms with Crippen LogP contribution in [0.15, 0.2) is 18.2 Å². The third-order valence-corrected chi connectivity index (χ3v) is 3.18. The van der Waals surface area contributed by atoms with E-state index in [-0.39, 0.29) is 18.2 Å². The van der Waals surface area contributed by atoms with Crippen LogP contribution in [0.25, 0.3) is 0 Å². The number of carbonyl (C=O) groups is 2. The topological polar surface area (TPSA) is 78.4 Å². The van der Waals surface area contributed by atoms with Crippen molar-refractivity contribution in [3.8, 4) is 0 Å². The van der Waals surface area contributed by atoms with Crippen LogP contribution >= 0.6 is 23.2 Å². The Hall–Kier alpha value is -1.30. The molecule has 7 heteroatoms. The summed E-state index contributed by atoms with van der Waals surface area (Å²) >= 11 is 11.7. The van der Waals surface area contributed by atoms with Crippen LogP contribution in [0, 0.1) is 5.92 Å². The Balaban J connectivity index is 2.53. The second kappa shape index (κ2) is 8.09. The Bertz CT molecular complexity index is 495. The number of halogens is 2. The van der Waals surface area contributed by atoms with Crippen molar-refractivity contribution in [2.45, 2.75) is 13.3 Å². The third-order valence-electron chi connectivity index (χ3n) is 2.62. The molecule has 1 unspecified atom stereocenters. The Kier molecular flexibility index (Phi) is 6.78. The van der Waals surface area contributed by atoms with Gasteiger partial charge in [-0.2, -0.15) is 0 Å². The minimum absolute atomic E-state index is 0.0430. The van der Waals surface area contributed by atoms with Gasteiger partial charge >= 0.3 is 11.8 Å². The van der Waals surface area contributed by atoms with Gasteiger partial charge in [0.2, 0.25) is 0 Å². The van der Waals surface area contributed by atoms with Crippen molar-refractivity contribution in [3.05, 3.63) is 28.2 Å². The molecule has 1 rings (SSSR count). The zero-order chi connectivity index (χ0) is 15.1. The fourth-order valence-electron chi connectivity index (χ4n) is 1.44. The van der Waals surface area contributed by atoms with Gasteiger partial charge in [-0.15, -0.1) is 0 Å². The molecule has 1 aromatic carbocycles. The molecular weight excluding hydrogens is 303 g/mol. The van der Waals surface area contributed by atoms with Gasteiger partial charge in [0.15, 0.2) is 0 Å². The summed E-state index contributed by atoms with van der Waals surface area (Å²) in [7, 11) is 0. The van der Waals surface area contributed by atoms with E-state index in [2.05, 4.69) is 10.6 Å². The molecule has 0 fully saturated rings. The number of rotatable bonds is 5. The number of anilines is 1. The van der Waals surface area contributed by atoms with Crippen molar-refractivity contribution >= 4 is 40.7 Å². The van der Waals surface area contributed by atoms with Gasteiger partial charge in [-0.1, -0.05) is 30.1 Å². The van der Waals surface area contributed by atoms with Crippen LogP contribution in [0.4, 0.5) is 5.69 Å². The molecule has 0 aliphatic rings. The van der Waals surface area contributed by atoms with Crippen LogP contribution in [0.5, 0.6) is 0 Å². The summed E-state index contributed by atoms with van der Waals surface area (Å²) in [5, 5.41) is 14.3. The van der Waals surface area contributed by atoms with E-state index in [1.54, 1.807) is 6.07 Å². The van der Waals surface area contributed by atoms with E-state index >= 15 is 0 Å². The normalized spacial score (nSPS) is 11.8. The van der Waals surface area contributed by atoms with Gasteiger partial charge in [-0.25, -0.2) is 0 Å². The maximum absolute atomic E-state index is 11.7. The van der Waals surface area contributed by atoms with Crippen molar-refractivity contribution in [1.82, 2.24) is 5.32 Å². The minimum atomic E-state index is -0.814. The van der Waals surface area contributed by atoms with Gasteiger partial charge in [-0.3, -0.25) is 9.59 Å². The van der Waals surface area contributed by atoms with Gasteiger partial charge in [0.05, 0.1) is 10.7 Å². The highest BCUT2D eigenvalue weighted by Gasteiger charge is 2.15. The maximum Gasteiger partial charge on any atom is 0.313 e. The van der Waals surface area contributed by atoms with Gasteiger partial charge in [0.25, 0.3) is 0 Å². The van der Waals surface area contributed by atoms with Crippen LogP contribution in [0.1, 0.15) is 13.3 Å². The number of hydrogen-bond acceptors (Lipinski definition) is 3. The molecule has 20 heavy (non-hydrogen) atoms. The third kappa shape index (κ3) is 5.36. The summed E-state index contributed by atoms with van der Waals surface area (Å²) in [5.41, 5.74) is 0.280. The number of amides is 2. The highest BCUT2D eigenvalue weighted by Crippen LogP contribution is 2.25. The zero-order valence-corrected chi connectivity index (χ0v) is 12.5. The van der Waals surface area contributed by atoms with Crippen molar-refractivity contribution in [2.75, 3.05) is 18.5 Å². The molecule has 0 spiro atoms. The molecule has 0 aliphatic carbocycles. The molecular formula is C13H16Cl2N2O3. The predicted molar refractivity (Wildman–Crippen MR) is 79.0 cm³/mol. The Labute approximate surface area is 127 Å². The van der Waals surface area contributed by atoms with Crippen LogP contribution in [-0.2, 0) is 9.59 Å². The molecule has 0 radical (unpaired) electrons. The summed E-state index contributed by atoms with van der Waals surface area (Å²) in [6.45, 7) is 2.22. The molecule has 110 valence electrons. The molecule has 0 aliphatic heterocycles. The molecule has 2 amide bonds. The fraction of sp³-hybridized carbons (Fsp3) is 0.385.